The summed E-state index contributed by atoms with van der Waals surface area (Å²) in [5, 5.41) is 0. The second-order valence-electron chi connectivity index (χ2n) is 7.90. The zero-order valence-electron chi connectivity index (χ0n) is 15.8. The maximum atomic E-state index is 10.4. The lowest BCUT2D eigenvalue weighted by atomic mass is 9.68. The van der Waals surface area contributed by atoms with E-state index < -0.39 is 8.53 Å². The van der Waals surface area contributed by atoms with Crippen molar-refractivity contribution in [2.45, 2.75) is 26.2 Å². The first-order chi connectivity index (χ1) is 12.6. The average molecular weight is 369 g/mol. The standard InChI is InChI=1S/C22H28NO2P/c1-15-14-17-9-5-7-11-19(17)21(15)22-18-10-6-4-8-16(18)12-13-20(22)25-26(24)23(2)3/h4-8,10-11,13,16-18,22,24H,9,12,14H2,1-3H3/t16?,17-,18?,22?,26?/m0/s1. The van der Waals surface area contributed by atoms with Gasteiger partial charge in [-0.15, -0.1) is 0 Å². The Morgan fingerprint density at radius 3 is 2.77 bits per heavy atom. The molecule has 4 heteroatoms. The molecule has 0 aliphatic heterocycles. The summed E-state index contributed by atoms with van der Waals surface area (Å²) >= 11 is 0. The molecular formula is C22H28NO2P. The second-order valence-corrected chi connectivity index (χ2v) is 9.39. The molecule has 0 saturated heterocycles. The lowest BCUT2D eigenvalue weighted by Crippen LogP contribution is -2.30. The van der Waals surface area contributed by atoms with Crippen LogP contribution in [-0.2, 0) is 4.52 Å². The molecular weight excluding hydrogens is 341 g/mol. The summed E-state index contributed by atoms with van der Waals surface area (Å²) in [6, 6.07) is 0. The molecule has 4 aliphatic carbocycles. The van der Waals surface area contributed by atoms with Crippen molar-refractivity contribution >= 4 is 8.53 Å². The van der Waals surface area contributed by atoms with Crippen LogP contribution in [0.1, 0.15) is 26.2 Å². The molecule has 0 bridgehead atoms. The van der Waals surface area contributed by atoms with E-state index in [1.807, 2.05) is 14.1 Å². The molecule has 138 valence electrons. The topological polar surface area (TPSA) is 32.7 Å². The van der Waals surface area contributed by atoms with Crippen molar-refractivity contribution < 1.29 is 9.42 Å². The van der Waals surface area contributed by atoms with Crippen LogP contribution in [-0.4, -0.2) is 23.7 Å². The normalized spacial score (nSPS) is 33.7. The molecule has 0 saturated carbocycles. The summed E-state index contributed by atoms with van der Waals surface area (Å²) in [6.07, 6.45) is 21.3. The Kier molecular flexibility index (Phi) is 5.05. The Hall–Kier alpha value is -1.41. The molecule has 0 aromatic rings. The van der Waals surface area contributed by atoms with Crippen molar-refractivity contribution in [3.63, 3.8) is 0 Å². The number of hydrogen-bond acceptors (Lipinski definition) is 3. The highest BCUT2D eigenvalue weighted by atomic mass is 31.2. The fraction of sp³-hybridized carbons (Fsp3) is 0.455. The van der Waals surface area contributed by atoms with Crippen molar-refractivity contribution in [1.29, 1.82) is 0 Å². The number of fused-ring (bicyclic) bond motifs is 2. The van der Waals surface area contributed by atoms with Gasteiger partial charge in [-0.05, 0) is 75.3 Å². The highest BCUT2D eigenvalue weighted by Crippen LogP contribution is 2.54. The first-order valence-electron chi connectivity index (χ1n) is 9.52. The zero-order valence-corrected chi connectivity index (χ0v) is 16.7. The van der Waals surface area contributed by atoms with Gasteiger partial charge in [0.25, 0.3) is 0 Å². The van der Waals surface area contributed by atoms with Crippen molar-refractivity contribution in [2.24, 2.45) is 23.7 Å². The first-order valence-corrected chi connectivity index (χ1v) is 10.7. The SMILES string of the molecule is CC1=C(C2C(OP(O)N(C)C)=CCC3C=CC=CC32)C2=CC=CC[C@H]2C1. The van der Waals surface area contributed by atoms with E-state index in [9.17, 15) is 4.89 Å². The van der Waals surface area contributed by atoms with Crippen molar-refractivity contribution in [3.8, 4) is 0 Å². The lowest BCUT2D eigenvalue weighted by Gasteiger charge is -2.39. The highest BCUT2D eigenvalue weighted by Gasteiger charge is 2.42. The van der Waals surface area contributed by atoms with Crippen LogP contribution in [0.15, 0.2) is 71.1 Å². The monoisotopic (exact) mass is 369 g/mol. The van der Waals surface area contributed by atoms with E-state index in [0.717, 1.165) is 25.0 Å². The Morgan fingerprint density at radius 1 is 1.15 bits per heavy atom. The first kappa shape index (κ1) is 18.0. The van der Waals surface area contributed by atoms with Crippen LogP contribution >= 0.6 is 8.53 Å². The maximum absolute atomic E-state index is 10.4. The van der Waals surface area contributed by atoms with E-state index in [-0.39, 0.29) is 5.92 Å². The van der Waals surface area contributed by atoms with Crippen LogP contribution in [0.25, 0.3) is 0 Å². The predicted octanol–water partition coefficient (Wildman–Crippen LogP) is 5.27. The molecule has 4 rings (SSSR count). The smallest absolute Gasteiger partial charge is 0.317 e. The summed E-state index contributed by atoms with van der Waals surface area (Å²) in [5.74, 6) is 2.69. The third kappa shape index (κ3) is 3.17. The molecule has 26 heavy (non-hydrogen) atoms. The summed E-state index contributed by atoms with van der Waals surface area (Å²) in [7, 11) is 2.13. The van der Waals surface area contributed by atoms with Crippen LogP contribution < -0.4 is 0 Å². The minimum atomic E-state index is -1.59. The van der Waals surface area contributed by atoms with Crippen LogP contribution in [0.5, 0.6) is 0 Å². The quantitative estimate of drug-likeness (QED) is 0.686. The van der Waals surface area contributed by atoms with Gasteiger partial charge in [0.15, 0.2) is 0 Å². The molecule has 0 spiro atoms. The van der Waals surface area contributed by atoms with E-state index in [2.05, 4.69) is 55.5 Å². The third-order valence-corrected chi connectivity index (χ3v) is 7.07. The van der Waals surface area contributed by atoms with Gasteiger partial charge in [-0.25, -0.2) is 4.67 Å². The fourth-order valence-corrected chi connectivity index (χ4v) is 5.33. The third-order valence-electron chi connectivity index (χ3n) is 6.02. The lowest BCUT2D eigenvalue weighted by molar-refractivity contribution is 0.253. The van der Waals surface area contributed by atoms with E-state index in [0.29, 0.717) is 17.8 Å². The van der Waals surface area contributed by atoms with Gasteiger partial charge in [0.2, 0.25) is 0 Å². The van der Waals surface area contributed by atoms with Gasteiger partial charge in [0.1, 0.15) is 5.76 Å². The van der Waals surface area contributed by atoms with Crippen molar-refractivity contribution in [3.05, 3.63) is 71.1 Å². The van der Waals surface area contributed by atoms with Crippen molar-refractivity contribution in [1.82, 2.24) is 4.67 Å². The van der Waals surface area contributed by atoms with Crippen LogP contribution in [0.3, 0.4) is 0 Å². The Morgan fingerprint density at radius 2 is 1.96 bits per heavy atom. The van der Waals surface area contributed by atoms with Gasteiger partial charge in [0.05, 0.1) is 0 Å². The fourth-order valence-electron chi connectivity index (χ4n) is 4.79. The number of rotatable bonds is 4. The van der Waals surface area contributed by atoms with Gasteiger partial charge in [-0.1, -0.05) is 48.1 Å². The minimum Gasteiger partial charge on any atom is -0.440 e. The highest BCUT2D eigenvalue weighted by molar-refractivity contribution is 7.43. The molecule has 0 amide bonds. The van der Waals surface area contributed by atoms with E-state index >= 15 is 0 Å². The summed E-state index contributed by atoms with van der Waals surface area (Å²) < 4.78 is 7.89. The van der Waals surface area contributed by atoms with Crippen molar-refractivity contribution in [2.75, 3.05) is 14.1 Å². The van der Waals surface area contributed by atoms with Gasteiger partial charge < -0.3 is 9.42 Å². The van der Waals surface area contributed by atoms with Crippen LogP contribution in [0.2, 0.25) is 0 Å². The molecule has 0 fully saturated rings. The maximum Gasteiger partial charge on any atom is 0.317 e. The van der Waals surface area contributed by atoms with Gasteiger partial charge in [0, 0.05) is 5.92 Å². The molecule has 1 N–H and O–H groups in total. The van der Waals surface area contributed by atoms with Gasteiger partial charge >= 0.3 is 8.53 Å². The number of hydrogen-bond donors (Lipinski definition) is 1. The summed E-state index contributed by atoms with van der Waals surface area (Å²) in [6.45, 7) is 2.28. The van der Waals surface area contributed by atoms with E-state index in [1.54, 1.807) is 4.67 Å². The van der Waals surface area contributed by atoms with E-state index in [1.165, 1.54) is 16.7 Å². The zero-order chi connectivity index (χ0) is 18.3. The number of allylic oxidation sites excluding steroid dienone is 11. The molecule has 4 unspecified atom stereocenters. The molecule has 4 aliphatic rings. The Balaban J connectivity index is 1.74. The summed E-state index contributed by atoms with van der Waals surface area (Å²) in [5.41, 5.74) is 4.43. The Labute approximate surface area is 158 Å². The predicted molar refractivity (Wildman–Crippen MR) is 108 cm³/mol. The largest absolute Gasteiger partial charge is 0.440 e. The molecule has 0 aromatic carbocycles. The van der Waals surface area contributed by atoms with Crippen LogP contribution in [0.4, 0.5) is 0 Å². The minimum absolute atomic E-state index is 0.204. The number of nitrogens with zero attached hydrogens (tertiary/aromatic N) is 1. The molecule has 5 atom stereocenters. The molecule has 0 radical (unpaired) electrons. The van der Waals surface area contributed by atoms with Gasteiger partial charge in [-0.3, -0.25) is 0 Å². The summed E-state index contributed by atoms with van der Waals surface area (Å²) in [4.78, 5) is 10.4. The molecule has 0 aromatic heterocycles. The molecule has 3 nitrogen and oxygen atoms in total. The Bertz CT molecular complexity index is 756. The van der Waals surface area contributed by atoms with Gasteiger partial charge in [-0.2, -0.15) is 0 Å². The van der Waals surface area contributed by atoms with E-state index in [4.69, 9.17) is 4.52 Å². The second kappa shape index (κ2) is 7.31. The average Bonchev–Trinajstić information content (AvgIpc) is 2.97. The molecule has 0 heterocycles. The van der Waals surface area contributed by atoms with Crippen LogP contribution in [0, 0.1) is 23.7 Å².